The van der Waals surface area contributed by atoms with Gasteiger partial charge in [-0.15, -0.1) is 0 Å². The van der Waals surface area contributed by atoms with E-state index in [0.717, 1.165) is 0 Å². The van der Waals surface area contributed by atoms with Crippen LogP contribution in [0.1, 0.15) is 13.8 Å². The number of hydrazine groups is 1. The first kappa shape index (κ1) is 14.9. The van der Waals surface area contributed by atoms with Crippen LogP contribution in [0.25, 0.3) is 0 Å². The van der Waals surface area contributed by atoms with Crippen LogP contribution >= 0.6 is 7.60 Å². The van der Waals surface area contributed by atoms with Crippen LogP contribution < -0.4 is 16.6 Å². The Balaban J connectivity index is 4.23. The molecule has 0 radical (unpaired) electrons. The number of carbonyl (C=O) groups excluding carboxylic acids is 2. The molecule has 16 heavy (non-hydrogen) atoms. The minimum Gasteiger partial charge on any atom is -0.350 e. The monoisotopic (exact) mass is 253 g/mol. The van der Waals surface area contributed by atoms with Crippen LogP contribution in [0.15, 0.2) is 0 Å². The lowest BCUT2D eigenvalue weighted by Crippen LogP contribution is -2.45. The summed E-state index contributed by atoms with van der Waals surface area (Å²) in [5.74, 6) is -0.705. The highest BCUT2D eigenvalue weighted by molar-refractivity contribution is 7.54. The average Bonchev–Trinajstić information content (AvgIpc) is 2.15. The van der Waals surface area contributed by atoms with E-state index in [0.29, 0.717) is 0 Å². The van der Waals surface area contributed by atoms with E-state index in [9.17, 15) is 14.2 Å². The number of rotatable bonds is 6. The molecule has 94 valence electrons. The van der Waals surface area contributed by atoms with Crippen LogP contribution in [-0.2, 0) is 18.4 Å². The molecule has 0 aliphatic rings. The number of primary amides is 1. The summed E-state index contributed by atoms with van der Waals surface area (Å²) >= 11 is 0. The number of urea groups is 1. The van der Waals surface area contributed by atoms with Gasteiger partial charge in [-0.05, 0) is 13.8 Å². The topological polar surface area (TPSA) is 120 Å². The van der Waals surface area contributed by atoms with Crippen LogP contribution in [0, 0.1) is 0 Å². The summed E-state index contributed by atoms with van der Waals surface area (Å²) in [5.41, 5.74) is 8.54. The third-order valence-electron chi connectivity index (χ3n) is 1.31. The number of nitrogens with one attached hydrogen (secondary N) is 2. The van der Waals surface area contributed by atoms with E-state index >= 15 is 0 Å². The molecule has 0 saturated carbocycles. The van der Waals surface area contributed by atoms with E-state index in [2.05, 4.69) is 0 Å². The van der Waals surface area contributed by atoms with Gasteiger partial charge in [-0.2, -0.15) is 0 Å². The molecule has 0 spiro atoms. The third kappa shape index (κ3) is 6.39. The second-order valence-corrected chi connectivity index (χ2v) is 4.70. The fourth-order valence-corrected chi connectivity index (χ4v) is 2.34. The van der Waals surface area contributed by atoms with Gasteiger partial charge in [-0.1, -0.05) is 0 Å². The molecule has 0 aromatic carbocycles. The van der Waals surface area contributed by atoms with Gasteiger partial charge in [0.2, 0.25) is 0 Å². The van der Waals surface area contributed by atoms with Crippen molar-refractivity contribution in [3.05, 3.63) is 0 Å². The van der Waals surface area contributed by atoms with E-state index in [-0.39, 0.29) is 13.2 Å². The minimum absolute atomic E-state index is 0.161. The zero-order chi connectivity index (χ0) is 12.6. The van der Waals surface area contributed by atoms with Gasteiger partial charge in [0.25, 0.3) is 5.91 Å². The van der Waals surface area contributed by atoms with Crippen molar-refractivity contribution in [3.63, 3.8) is 0 Å². The first-order chi connectivity index (χ1) is 7.43. The maximum Gasteiger partial charge on any atom is 0.340 e. The highest BCUT2D eigenvalue weighted by Gasteiger charge is 2.27. The molecule has 0 atom stereocenters. The normalized spacial score (nSPS) is 10.9. The van der Waals surface area contributed by atoms with E-state index in [1.807, 2.05) is 10.9 Å². The number of hydrogen-bond donors (Lipinski definition) is 3. The molecule has 0 aromatic rings. The summed E-state index contributed by atoms with van der Waals surface area (Å²) in [6.45, 7) is 3.58. The molecule has 3 amide bonds. The lowest BCUT2D eigenvalue weighted by atomic mass is 10.7. The van der Waals surface area contributed by atoms with Crippen molar-refractivity contribution in [2.24, 2.45) is 5.73 Å². The predicted molar refractivity (Wildman–Crippen MR) is 56.6 cm³/mol. The Hall–Kier alpha value is -1.11. The fraction of sp³-hybridized carbons (Fsp3) is 0.714. The van der Waals surface area contributed by atoms with Gasteiger partial charge in [0.15, 0.2) is 0 Å². The second kappa shape index (κ2) is 7.21. The summed E-state index contributed by atoms with van der Waals surface area (Å²) in [4.78, 5) is 21.5. The van der Waals surface area contributed by atoms with Crippen LogP contribution in [-0.4, -0.2) is 31.3 Å². The van der Waals surface area contributed by atoms with Gasteiger partial charge >= 0.3 is 13.6 Å². The van der Waals surface area contributed by atoms with E-state index in [1.54, 1.807) is 13.8 Å². The molecular weight excluding hydrogens is 237 g/mol. The van der Waals surface area contributed by atoms with Gasteiger partial charge < -0.3 is 14.8 Å². The summed E-state index contributed by atoms with van der Waals surface area (Å²) < 4.78 is 21.6. The molecule has 0 saturated heterocycles. The summed E-state index contributed by atoms with van der Waals surface area (Å²) in [5, 5.41) is 0. The molecule has 0 aliphatic heterocycles. The Bertz CT molecular complexity index is 286. The highest BCUT2D eigenvalue weighted by atomic mass is 31.2. The third-order valence-corrected chi connectivity index (χ3v) is 3.29. The zero-order valence-electron chi connectivity index (χ0n) is 9.19. The van der Waals surface area contributed by atoms with Crippen molar-refractivity contribution in [1.29, 1.82) is 0 Å². The van der Waals surface area contributed by atoms with Crippen LogP contribution in [0.3, 0.4) is 0 Å². The second-order valence-electron chi connectivity index (χ2n) is 2.64. The van der Waals surface area contributed by atoms with Crippen molar-refractivity contribution >= 4 is 19.5 Å². The summed E-state index contributed by atoms with van der Waals surface area (Å²) in [6.07, 6.45) is -0.477. The molecular formula is C7H16N3O5P. The first-order valence-electron chi connectivity index (χ1n) is 4.66. The maximum absolute atomic E-state index is 11.8. The van der Waals surface area contributed by atoms with Crippen LogP contribution in [0.4, 0.5) is 4.79 Å². The molecule has 0 aliphatic carbocycles. The van der Waals surface area contributed by atoms with Gasteiger partial charge in [0.1, 0.15) is 6.16 Å². The largest absolute Gasteiger partial charge is 0.350 e. The molecule has 0 fully saturated rings. The maximum atomic E-state index is 11.8. The smallest absolute Gasteiger partial charge is 0.340 e. The van der Waals surface area contributed by atoms with Gasteiger partial charge in [-0.25, -0.2) is 10.2 Å². The Morgan fingerprint density at radius 1 is 1.19 bits per heavy atom. The lowest BCUT2D eigenvalue weighted by molar-refractivity contribution is -0.119. The van der Waals surface area contributed by atoms with Gasteiger partial charge in [0.05, 0.1) is 13.2 Å². The van der Waals surface area contributed by atoms with Crippen molar-refractivity contribution in [2.75, 3.05) is 19.4 Å². The Morgan fingerprint density at radius 3 is 2.06 bits per heavy atom. The van der Waals surface area contributed by atoms with E-state index in [4.69, 9.17) is 14.8 Å². The standard InChI is InChI=1S/C7H16N3O5P/c1-3-14-16(13,15-4-2)5-6(11)9-10-7(8)12/h3-5H2,1-2H3,(H,9,11)(H3,8,10,12). The molecule has 0 aromatic heterocycles. The van der Waals surface area contributed by atoms with E-state index < -0.39 is 25.7 Å². The number of carbonyl (C=O) groups is 2. The molecule has 0 bridgehead atoms. The van der Waals surface area contributed by atoms with Crippen molar-refractivity contribution in [1.82, 2.24) is 10.9 Å². The Morgan fingerprint density at radius 2 is 1.69 bits per heavy atom. The van der Waals surface area contributed by atoms with E-state index in [1.165, 1.54) is 0 Å². The molecule has 4 N–H and O–H groups in total. The molecule has 0 heterocycles. The van der Waals surface area contributed by atoms with Gasteiger partial charge in [0, 0.05) is 0 Å². The lowest BCUT2D eigenvalue weighted by Gasteiger charge is -2.16. The van der Waals surface area contributed by atoms with Crippen LogP contribution in [0.2, 0.25) is 0 Å². The molecule has 9 heteroatoms. The summed E-state index contributed by atoms with van der Waals surface area (Å²) in [7, 11) is -3.44. The number of hydrogen-bond acceptors (Lipinski definition) is 5. The SMILES string of the molecule is CCOP(=O)(CC(=O)NNC(N)=O)OCC. The molecule has 0 rings (SSSR count). The number of amides is 3. The Kier molecular flexibility index (Phi) is 6.71. The first-order valence-corrected chi connectivity index (χ1v) is 6.38. The van der Waals surface area contributed by atoms with Crippen molar-refractivity contribution < 1.29 is 23.2 Å². The fourth-order valence-electron chi connectivity index (χ4n) is 0.869. The minimum atomic E-state index is -3.44. The predicted octanol–water partition coefficient (Wildman–Crippen LogP) is -0.0480. The van der Waals surface area contributed by atoms with Gasteiger partial charge in [-0.3, -0.25) is 14.8 Å². The van der Waals surface area contributed by atoms with Crippen molar-refractivity contribution in [3.8, 4) is 0 Å². The van der Waals surface area contributed by atoms with Crippen molar-refractivity contribution in [2.45, 2.75) is 13.8 Å². The Labute approximate surface area is 93.4 Å². The number of nitrogens with two attached hydrogens (primary N) is 1. The van der Waals surface area contributed by atoms with Crippen LogP contribution in [0.5, 0.6) is 0 Å². The molecule has 0 unspecified atom stereocenters. The highest BCUT2D eigenvalue weighted by Crippen LogP contribution is 2.47. The quantitative estimate of drug-likeness (QED) is 0.453. The average molecular weight is 253 g/mol. The summed E-state index contributed by atoms with van der Waals surface area (Å²) in [6, 6.07) is -0.920. The molecule has 8 nitrogen and oxygen atoms in total. The zero-order valence-corrected chi connectivity index (χ0v) is 10.1.